The standard InChI is InChI=1S/C22H30N4O6S3/c1-11(2)6-7-26-17-13-5-4-12(8-13)15(17)18(27)16(22(26)28)20-24-21-19(35(31,32)25-20)14(10-33-21)9-23-34(3,29)30/h10-13,15,17,23,27H,4-9H2,1-3H3,(H,24,25)/t12-,13+,15-,17+/m1/s1. The van der Waals surface area contributed by atoms with Crippen molar-refractivity contribution >= 4 is 48.1 Å². The summed E-state index contributed by atoms with van der Waals surface area (Å²) >= 11 is 1.09. The molecule has 10 nitrogen and oxygen atoms in total. The molecule has 2 saturated carbocycles. The Morgan fingerprint density at radius 1 is 1.31 bits per heavy atom. The molecule has 2 fully saturated rings. The number of nitrogens with one attached hydrogen (secondary N) is 2. The number of amides is 1. The first kappa shape index (κ1) is 24.7. The van der Waals surface area contributed by atoms with Gasteiger partial charge in [-0.3, -0.25) is 4.79 Å². The summed E-state index contributed by atoms with van der Waals surface area (Å²) in [7, 11) is -7.76. The lowest BCUT2D eigenvalue weighted by Gasteiger charge is -2.44. The van der Waals surface area contributed by atoms with Crippen LogP contribution in [-0.4, -0.2) is 57.4 Å². The summed E-state index contributed by atoms with van der Waals surface area (Å²) in [5, 5.41) is 16.1. The van der Waals surface area contributed by atoms with E-state index in [0.29, 0.717) is 18.4 Å². The van der Waals surface area contributed by atoms with Crippen LogP contribution in [0.5, 0.6) is 0 Å². The van der Waals surface area contributed by atoms with Crippen LogP contribution >= 0.6 is 11.3 Å². The van der Waals surface area contributed by atoms with Gasteiger partial charge in [-0.25, -0.2) is 13.1 Å². The van der Waals surface area contributed by atoms with Crippen molar-refractivity contribution in [3.8, 4) is 0 Å². The molecule has 1 amide bonds. The number of thiophene rings is 1. The van der Waals surface area contributed by atoms with Gasteiger partial charge in [-0.15, -0.1) is 15.7 Å². The molecule has 4 aliphatic rings. The number of aliphatic hydroxyl groups excluding tert-OH is 1. The third-order valence-electron chi connectivity index (χ3n) is 7.51. The summed E-state index contributed by atoms with van der Waals surface area (Å²) < 4.78 is 55.5. The molecule has 3 N–H and O–H groups in total. The highest BCUT2D eigenvalue weighted by molar-refractivity contribution is 7.91. The summed E-state index contributed by atoms with van der Waals surface area (Å²) in [4.78, 5) is 15.5. The van der Waals surface area contributed by atoms with E-state index in [9.17, 15) is 26.7 Å². The number of hydrogen-bond acceptors (Lipinski definition) is 8. The van der Waals surface area contributed by atoms with Crippen molar-refractivity contribution < 1.29 is 26.7 Å². The second kappa shape index (κ2) is 8.56. The average molecular weight is 543 g/mol. The fourth-order valence-electron chi connectivity index (χ4n) is 6.01. The van der Waals surface area contributed by atoms with E-state index in [0.717, 1.165) is 43.3 Å². The number of carbonyl (C=O) groups is 1. The Morgan fingerprint density at radius 2 is 2.03 bits per heavy atom. The Labute approximate surface area is 209 Å². The summed E-state index contributed by atoms with van der Waals surface area (Å²) in [5.74, 6) is 0.178. The number of rotatable bonds is 7. The van der Waals surface area contributed by atoms with Gasteiger partial charge in [0.1, 0.15) is 21.2 Å². The van der Waals surface area contributed by atoms with E-state index in [4.69, 9.17) is 0 Å². The molecule has 0 spiro atoms. The van der Waals surface area contributed by atoms with Crippen LogP contribution in [0.3, 0.4) is 0 Å². The number of sulfonamides is 2. The first-order valence-electron chi connectivity index (χ1n) is 11.8. The summed E-state index contributed by atoms with van der Waals surface area (Å²) in [6.07, 6.45) is 4.79. The number of hydrogen-bond donors (Lipinski definition) is 3. The van der Waals surface area contributed by atoms with Crippen molar-refractivity contribution in [3.63, 3.8) is 0 Å². The normalized spacial score (nSPS) is 29.3. The molecule has 0 unspecified atom stereocenters. The van der Waals surface area contributed by atoms with Gasteiger partial charge in [0.05, 0.1) is 6.26 Å². The number of anilines is 1. The second-order valence-corrected chi connectivity index (χ2v) is 14.6. The van der Waals surface area contributed by atoms with E-state index in [2.05, 4.69) is 28.3 Å². The van der Waals surface area contributed by atoms with Crippen molar-refractivity contribution in [2.45, 2.75) is 57.0 Å². The molecular formula is C22H30N4O6S3. The highest BCUT2D eigenvalue weighted by Crippen LogP contribution is 2.55. The molecule has 5 rings (SSSR count). The van der Waals surface area contributed by atoms with E-state index in [1.807, 2.05) is 4.90 Å². The van der Waals surface area contributed by atoms with Crippen molar-refractivity contribution in [1.29, 1.82) is 0 Å². The molecule has 2 aliphatic carbocycles. The van der Waals surface area contributed by atoms with Crippen LogP contribution in [0.15, 0.2) is 26.0 Å². The Hall–Kier alpha value is -1.96. The lowest BCUT2D eigenvalue weighted by atomic mass is 9.77. The van der Waals surface area contributed by atoms with Crippen LogP contribution in [0.1, 0.15) is 45.1 Å². The molecule has 13 heteroatoms. The number of aliphatic hydroxyl groups is 1. The van der Waals surface area contributed by atoms with Crippen LogP contribution < -0.4 is 10.0 Å². The van der Waals surface area contributed by atoms with Crippen molar-refractivity contribution in [2.24, 2.45) is 28.1 Å². The molecule has 2 aliphatic heterocycles. The Morgan fingerprint density at radius 3 is 2.71 bits per heavy atom. The predicted molar refractivity (Wildman–Crippen MR) is 133 cm³/mol. The van der Waals surface area contributed by atoms with E-state index < -0.39 is 26.0 Å². The zero-order valence-corrected chi connectivity index (χ0v) is 22.3. The molecule has 1 aromatic rings. The maximum absolute atomic E-state index is 13.7. The van der Waals surface area contributed by atoms with Gasteiger partial charge in [0.2, 0.25) is 10.0 Å². The van der Waals surface area contributed by atoms with Gasteiger partial charge < -0.3 is 15.3 Å². The Balaban J connectivity index is 1.53. The highest BCUT2D eigenvalue weighted by atomic mass is 32.2. The molecule has 35 heavy (non-hydrogen) atoms. The zero-order chi connectivity index (χ0) is 25.3. The van der Waals surface area contributed by atoms with Crippen LogP contribution in [0.25, 0.3) is 0 Å². The van der Waals surface area contributed by atoms with Gasteiger partial charge >= 0.3 is 0 Å². The first-order valence-corrected chi connectivity index (χ1v) is 16.0. The van der Waals surface area contributed by atoms with Gasteiger partial charge in [-0.1, -0.05) is 13.8 Å². The Kier molecular flexibility index (Phi) is 6.05. The smallest absolute Gasteiger partial charge is 0.287 e. The summed E-state index contributed by atoms with van der Waals surface area (Å²) in [6, 6.07) is -0.0597. The lowest BCUT2D eigenvalue weighted by molar-refractivity contribution is -0.133. The van der Waals surface area contributed by atoms with Gasteiger partial charge in [-0.05, 0) is 48.8 Å². The fraction of sp³-hybridized carbons (Fsp3) is 0.636. The van der Waals surface area contributed by atoms with Crippen LogP contribution in [0.2, 0.25) is 0 Å². The first-order chi connectivity index (χ1) is 16.4. The largest absolute Gasteiger partial charge is 0.511 e. The minimum absolute atomic E-state index is 0.0597. The minimum atomic E-state index is -4.23. The van der Waals surface area contributed by atoms with Crippen molar-refractivity contribution in [3.05, 3.63) is 22.3 Å². The predicted octanol–water partition coefficient (Wildman–Crippen LogP) is 2.43. The molecule has 3 heterocycles. The fourth-order valence-corrected chi connectivity index (χ4v) is 9.03. The molecule has 2 bridgehead atoms. The lowest BCUT2D eigenvalue weighted by Crippen LogP contribution is -2.54. The minimum Gasteiger partial charge on any atom is -0.511 e. The maximum Gasteiger partial charge on any atom is 0.287 e. The van der Waals surface area contributed by atoms with E-state index in [1.54, 1.807) is 5.38 Å². The Bertz CT molecular complexity index is 1340. The molecule has 4 atom stereocenters. The number of carbonyl (C=O) groups excluding carboxylic acids is 1. The molecule has 0 radical (unpaired) electrons. The SMILES string of the molecule is CC(C)CCN1C(=O)C(C2=NS(=O)(=O)c3c(CNS(C)(=O)=O)csc3N2)=C(O)[C@@H]2[C@@H]3CC[C@@H](C3)[C@@H]21. The van der Waals surface area contributed by atoms with Crippen LogP contribution in [0, 0.1) is 23.7 Å². The third-order valence-corrected chi connectivity index (χ3v) is 10.7. The van der Waals surface area contributed by atoms with Gasteiger partial charge in [-0.2, -0.15) is 8.42 Å². The number of fused-ring (bicyclic) bond motifs is 6. The topological polar surface area (TPSA) is 145 Å². The molecule has 1 aromatic heterocycles. The zero-order valence-electron chi connectivity index (χ0n) is 19.8. The van der Waals surface area contributed by atoms with E-state index in [-0.39, 0.29) is 57.1 Å². The van der Waals surface area contributed by atoms with E-state index >= 15 is 0 Å². The van der Waals surface area contributed by atoms with Crippen LogP contribution in [0.4, 0.5) is 5.00 Å². The molecule has 192 valence electrons. The molecular weight excluding hydrogens is 512 g/mol. The van der Waals surface area contributed by atoms with Gasteiger partial charge in [0.25, 0.3) is 15.9 Å². The monoisotopic (exact) mass is 542 g/mol. The van der Waals surface area contributed by atoms with Crippen molar-refractivity contribution in [1.82, 2.24) is 9.62 Å². The maximum atomic E-state index is 13.7. The molecule has 0 aromatic carbocycles. The highest BCUT2D eigenvalue weighted by Gasteiger charge is 2.57. The van der Waals surface area contributed by atoms with Gasteiger partial charge in [0, 0.05) is 30.6 Å². The van der Waals surface area contributed by atoms with E-state index in [1.165, 1.54) is 0 Å². The summed E-state index contributed by atoms with van der Waals surface area (Å²) in [5.41, 5.74) is 0.201. The molecule has 0 saturated heterocycles. The second-order valence-electron chi connectivity index (χ2n) is 10.3. The number of amidine groups is 1. The summed E-state index contributed by atoms with van der Waals surface area (Å²) in [6.45, 7) is 4.53. The number of nitrogens with zero attached hydrogens (tertiary/aromatic N) is 2. The van der Waals surface area contributed by atoms with Crippen LogP contribution in [-0.2, 0) is 31.4 Å². The van der Waals surface area contributed by atoms with Gasteiger partial charge in [0.15, 0.2) is 5.84 Å². The quantitative estimate of drug-likeness (QED) is 0.480. The third kappa shape index (κ3) is 4.30. The van der Waals surface area contributed by atoms with Crippen molar-refractivity contribution in [2.75, 3.05) is 18.1 Å². The average Bonchev–Trinajstić information content (AvgIpc) is 3.46.